The molecule has 1 aromatic carbocycles. The number of benzene rings is 1. The lowest BCUT2D eigenvalue weighted by Crippen LogP contribution is -2.45. The van der Waals surface area contributed by atoms with E-state index in [1.54, 1.807) is 12.1 Å². The van der Waals surface area contributed by atoms with Crippen LogP contribution in [0, 0.1) is 0 Å². The van der Waals surface area contributed by atoms with Crippen LogP contribution in [0.25, 0.3) is 0 Å². The molecule has 1 saturated heterocycles. The third-order valence-corrected chi connectivity index (χ3v) is 3.86. The summed E-state index contributed by atoms with van der Waals surface area (Å²) in [4.78, 5) is 0. The topological polar surface area (TPSA) is 38.7 Å². The van der Waals surface area contributed by atoms with Gasteiger partial charge in [0.05, 0.1) is 19.3 Å². The molecular weight excluding hydrogens is 240 g/mol. The molecule has 3 rings (SSSR count). The van der Waals surface area contributed by atoms with Gasteiger partial charge in [0.15, 0.2) is 0 Å². The lowest BCUT2D eigenvalue weighted by Gasteiger charge is -2.43. The molecule has 1 N–H and O–H groups in total. The molecule has 17 heavy (non-hydrogen) atoms. The van der Waals surface area contributed by atoms with Crippen molar-refractivity contribution in [3.05, 3.63) is 28.8 Å². The van der Waals surface area contributed by atoms with Crippen molar-refractivity contribution in [1.29, 1.82) is 0 Å². The number of aliphatic hydroxyl groups is 1. The second-order valence-electron chi connectivity index (χ2n) is 4.80. The molecule has 1 aromatic rings. The standard InChI is InChI=1S/C13H15ClO3/c14-9-1-2-12-10(7-9)11(15)8-13(17-12)3-5-16-6-4-13/h1-2,7,11,15H,3-6,8H2/t11-/m0/s1. The van der Waals surface area contributed by atoms with Crippen LogP contribution < -0.4 is 4.74 Å². The molecule has 1 atom stereocenters. The van der Waals surface area contributed by atoms with Gasteiger partial charge in [-0.25, -0.2) is 0 Å². The van der Waals surface area contributed by atoms with Gasteiger partial charge in [-0.1, -0.05) is 11.6 Å². The fraction of sp³-hybridized carbons (Fsp3) is 0.538. The zero-order valence-corrected chi connectivity index (χ0v) is 10.2. The molecule has 0 radical (unpaired) electrons. The Hall–Kier alpha value is -0.770. The van der Waals surface area contributed by atoms with E-state index < -0.39 is 6.10 Å². The summed E-state index contributed by atoms with van der Waals surface area (Å²) in [6.45, 7) is 1.41. The first-order valence-corrected chi connectivity index (χ1v) is 6.31. The highest BCUT2D eigenvalue weighted by molar-refractivity contribution is 6.30. The number of rotatable bonds is 0. The summed E-state index contributed by atoms with van der Waals surface area (Å²) in [6.07, 6.45) is 1.82. The smallest absolute Gasteiger partial charge is 0.126 e. The molecule has 0 aliphatic carbocycles. The van der Waals surface area contributed by atoms with Crippen LogP contribution in [0.2, 0.25) is 5.02 Å². The minimum Gasteiger partial charge on any atom is -0.487 e. The fourth-order valence-corrected chi connectivity index (χ4v) is 2.84. The van der Waals surface area contributed by atoms with E-state index in [-0.39, 0.29) is 5.60 Å². The van der Waals surface area contributed by atoms with Crippen LogP contribution in [-0.2, 0) is 4.74 Å². The van der Waals surface area contributed by atoms with E-state index in [2.05, 4.69) is 0 Å². The van der Waals surface area contributed by atoms with Gasteiger partial charge in [0.1, 0.15) is 11.4 Å². The molecule has 3 nitrogen and oxygen atoms in total. The minimum atomic E-state index is -0.490. The molecule has 0 bridgehead atoms. The third kappa shape index (κ3) is 2.03. The molecule has 2 heterocycles. The van der Waals surface area contributed by atoms with Crippen molar-refractivity contribution < 1.29 is 14.6 Å². The third-order valence-electron chi connectivity index (χ3n) is 3.63. The zero-order chi connectivity index (χ0) is 11.9. The van der Waals surface area contributed by atoms with Crippen LogP contribution in [0.1, 0.15) is 30.9 Å². The fourth-order valence-electron chi connectivity index (χ4n) is 2.66. The largest absolute Gasteiger partial charge is 0.487 e. The average Bonchev–Trinajstić information content (AvgIpc) is 2.31. The van der Waals surface area contributed by atoms with E-state index >= 15 is 0 Å². The number of aliphatic hydroxyl groups excluding tert-OH is 1. The monoisotopic (exact) mass is 254 g/mol. The van der Waals surface area contributed by atoms with E-state index in [4.69, 9.17) is 21.1 Å². The summed E-state index contributed by atoms with van der Waals surface area (Å²) < 4.78 is 11.4. The van der Waals surface area contributed by atoms with Gasteiger partial charge in [-0.15, -0.1) is 0 Å². The van der Waals surface area contributed by atoms with E-state index in [1.807, 2.05) is 6.07 Å². The van der Waals surface area contributed by atoms with Crippen molar-refractivity contribution in [2.45, 2.75) is 31.0 Å². The van der Waals surface area contributed by atoms with E-state index in [9.17, 15) is 5.11 Å². The molecule has 0 saturated carbocycles. The van der Waals surface area contributed by atoms with Crippen molar-refractivity contribution in [3.8, 4) is 5.75 Å². The summed E-state index contributed by atoms with van der Waals surface area (Å²) >= 11 is 5.93. The van der Waals surface area contributed by atoms with E-state index in [0.717, 1.165) is 24.2 Å². The Morgan fingerprint density at radius 2 is 2.06 bits per heavy atom. The second kappa shape index (κ2) is 4.16. The minimum absolute atomic E-state index is 0.251. The Kier molecular flexibility index (Phi) is 2.77. The SMILES string of the molecule is O[C@H]1CC2(CCOCC2)Oc2ccc(Cl)cc21. The van der Waals surface area contributed by atoms with Crippen LogP contribution in [-0.4, -0.2) is 23.9 Å². The first-order valence-electron chi connectivity index (χ1n) is 5.93. The van der Waals surface area contributed by atoms with Crippen molar-refractivity contribution in [1.82, 2.24) is 0 Å². The summed E-state index contributed by atoms with van der Waals surface area (Å²) in [5.74, 6) is 0.759. The van der Waals surface area contributed by atoms with Gasteiger partial charge in [0.2, 0.25) is 0 Å². The molecule has 92 valence electrons. The number of hydrogen-bond donors (Lipinski definition) is 1. The first kappa shape index (κ1) is 11.3. The first-order chi connectivity index (χ1) is 8.19. The van der Waals surface area contributed by atoms with Gasteiger partial charge in [-0.3, -0.25) is 0 Å². The quantitative estimate of drug-likeness (QED) is 0.774. The molecular formula is C13H15ClO3. The Morgan fingerprint density at radius 3 is 2.82 bits per heavy atom. The maximum atomic E-state index is 10.2. The number of ether oxygens (including phenoxy) is 2. The van der Waals surface area contributed by atoms with Crippen LogP contribution in [0.15, 0.2) is 18.2 Å². The normalized spacial score (nSPS) is 26.4. The number of hydrogen-bond acceptors (Lipinski definition) is 3. The van der Waals surface area contributed by atoms with Crippen LogP contribution >= 0.6 is 11.6 Å². The van der Waals surface area contributed by atoms with Crippen molar-refractivity contribution >= 4 is 11.6 Å². The van der Waals surface area contributed by atoms with Crippen LogP contribution in [0.4, 0.5) is 0 Å². The van der Waals surface area contributed by atoms with Gasteiger partial charge in [-0.05, 0) is 18.2 Å². The van der Waals surface area contributed by atoms with Gasteiger partial charge in [0, 0.05) is 29.8 Å². The molecule has 2 aliphatic rings. The van der Waals surface area contributed by atoms with Crippen molar-refractivity contribution in [2.24, 2.45) is 0 Å². The lowest BCUT2D eigenvalue weighted by molar-refractivity contribution is -0.0839. The maximum absolute atomic E-state index is 10.2. The Labute approximate surface area is 105 Å². The summed E-state index contributed by atoms with van der Waals surface area (Å²) in [6, 6.07) is 5.43. The van der Waals surface area contributed by atoms with Gasteiger partial charge >= 0.3 is 0 Å². The van der Waals surface area contributed by atoms with Gasteiger partial charge in [0.25, 0.3) is 0 Å². The van der Waals surface area contributed by atoms with Crippen molar-refractivity contribution in [3.63, 3.8) is 0 Å². The molecule has 4 heteroatoms. The lowest BCUT2D eigenvalue weighted by atomic mass is 9.83. The molecule has 1 fully saturated rings. The van der Waals surface area contributed by atoms with Gasteiger partial charge in [-0.2, -0.15) is 0 Å². The molecule has 0 aromatic heterocycles. The Balaban J connectivity index is 1.94. The number of fused-ring (bicyclic) bond motifs is 1. The molecule has 0 unspecified atom stereocenters. The molecule has 0 amide bonds. The van der Waals surface area contributed by atoms with E-state index in [1.165, 1.54) is 0 Å². The predicted octanol–water partition coefficient (Wildman–Crippen LogP) is 2.71. The van der Waals surface area contributed by atoms with Crippen molar-refractivity contribution in [2.75, 3.05) is 13.2 Å². The summed E-state index contributed by atoms with van der Waals surface area (Å²) in [7, 11) is 0. The maximum Gasteiger partial charge on any atom is 0.126 e. The summed E-state index contributed by atoms with van der Waals surface area (Å²) in [5, 5.41) is 10.9. The second-order valence-corrected chi connectivity index (χ2v) is 5.24. The highest BCUT2D eigenvalue weighted by Crippen LogP contribution is 2.44. The van der Waals surface area contributed by atoms with Crippen LogP contribution in [0.3, 0.4) is 0 Å². The molecule has 2 aliphatic heterocycles. The average molecular weight is 255 g/mol. The Bertz CT molecular complexity index is 427. The highest BCUT2D eigenvalue weighted by atomic mass is 35.5. The zero-order valence-electron chi connectivity index (χ0n) is 9.49. The van der Waals surface area contributed by atoms with E-state index in [0.29, 0.717) is 24.7 Å². The summed E-state index contributed by atoms with van der Waals surface area (Å²) in [5.41, 5.74) is 0.549. The van der Waals surface area contributed by atoms with Gasteiger partial charge < -0.3 is 14.6 Å². The number of halogens is 1. The molecule has 1 spiro atoms. The highest BCUT2D eigenvalue weighted by Gasteiger charge is 2.41. The van der Waals surface area contributed by atoms with Crippen LogP contribution in [0.5, 0.6) is 5.75 Å². The predicted molar refractivity (Wildman–Crippen MR) is 64.4 cm³/mol. The Morgan fingerprint density at radius 1 is 1.29 bits per heavy atom.